The summed E-state index contributed by atoms with van der Waals surface area (Å²) >= 11 is 0. The van der Waals surface area contributed by atoms with Crippen LogP contribution in [0.5, 0.6) is 11.5 Å². The quantitative estimate of drug-likeness (QED) is 0.864. The molecule has 100 valence electrons. The van der Waals surface area contributed by atoms with Crippen molar-refractivity contribution in [1.82, 2.24) is 0 Å². The summed E-state index contributed by atoms with van der Waals surface area (Å²) in [6.45, 7) is -0.0382. The molecule has 0 heterocycles. The molecular formula is C14H13F2NO2. The van der Waals surface area contributed by atoms with Crippen LogP contribution >= 0.6 is 0 Å². The third kappa shape index (κ3) is 3.13. The van der Waals surface area contributed by atoms with Gasteiger partial charge in [-0.3, -0.25) is 0 Å². The Bertz CT molecular complexity index is 588. The van der Waals surface area contributed by atoms with Crippen molar-refractivity contribution >= 4 is 5.69 Å². The molecule has 2 aromatic rings. The first-order chi connectivity index (χ1) is 9.10. The smallest absolute Gasteiger partial charge is 0.145 e. The predicted molar refractivity (Wildman–Crippen MR) is 68.1 cm³/mol. The highest BCUT2D eigenvalue weighted by Gasteiger charge is 2.07. The average molecular weight is 265 g/mol. The number of halogens is 2. The van der Waals surface area contributed by atoms with Gasteiger partial charge in [0.2, 0.25) is 0 Å². The van der Waals surface area contributed by atoms with Gasteiger partial charge in [0.05, 0.1) is 12.8 Å². The maximum atomic E-state index is 13.7. The second kappa shape index (κ2) is 5.56. The van der Waals surface area contributed by atoms with E-state index in [1.807, 2.05) is 0 Å². The molecule has 0 fully saturated rings. The fourth-order valence-corrected chi connectivity index (χ4v) is 1.56. The molecule has 0 saturated carbocycles. The number of hydrogen-bond donors (Lipinski definition) is 1. The van der Waals surface area contributed by atoms with Crippen LogP contribution in [0.25, 0.3) is 0 Å². The molecule has 2 rings (SSSR count). The van der Waals surface area contributed by atoms with E-state index in [2.05, 4.69) is 0 Å². The number of nitrogen functional groups attached to an aromatic ring is 1. The lowest BCUT2D eigenvalue weighted by Gasteiger charge is -2.10. The summed E-state index contributed by atoms with van der Waals surface area (Å²) in [4.78, 5) is 0. The molecule has 0 atom stereocenters. The molecule has 0 radical (unpaired) electrons. The Hall–Kier alpha value is -2.30. The summed E-state index contributed by atoms with van der Waals surface area (Å²) in [5.41, 5.74) is 6.27. The van der Waals surface area contributed by atoms with E-state index >= 15 is 0 Å². The topological polar surface area (TPSA) is 44.5 Å². The third-order valence-electron chi connectivity index (χ3n) is 2.62. The number of methoxy groups -OCH3 is 1. The Balaban J connectivity index is 2.12. The number of ether oxygens (including phenoxy) is 2. The first kappa shape index (κ1) is 13.1. The van der Waals surface area contributed by atoms with E-state index in [9.17, 15) is 8.78 Å². The maximum Gasteiger partial charge on any atom is 0.145 e. The van der Waals surface area contributed by atoms with Gasteiger partial charge in [-0.25, -0.2) is 8.78 Å². The molecule has 3 nitrogen and oxygen atoms in total. The van der Waals surface area contributed by atoms with Crippen molar-refractivity contribution in [2.75, 3.05) is 12.8 Å². The minimum absolute atomic E-state index is 0.0382. The van der Waals surface area contributed by atoms with E-state index in [1.54, 1.807) is 12.1 Å². The van der Waals surface area contributed by atoms with Crippen LogP contribution < -0.4 is 15.2 Å². The Morgan fingerprint density at radius 3 is 2.58 bits per heavy atom. The zero-order valence-electron chi connectivity index (χ0n) is 10.3. The van der Waals surface area contributed by atoms with E-state index < -0.39 is 11.6 Å². The van der Waals surface area contributed by atoms with Crippen molar-refractivity contribution < 1.29 is 18.3 Å². The van der Waals surface area contributed by atoms with Crippen molar-refractivity contribution in [3.05, 3.63) is 53.6 Å². The normalized spacial score (nSPS) is 10.3. The molecule has 2 aromatic carbocycles. The van der Waals surface area contributed by atoms with Crippen LogP contribution in [0.4, 0.5) is 14.5 Å². The van der Waals surface area contributed by atoms with E-state index in [4.69, 9.17) is 15.2 Å². The van der Waals surface area contributed by atoms with E-state index in [0.29, 0.717) is 17.0 Å². The van der Waals surface area contributed by atoms with Crippen molar-refractivity contribution in [3.63, 3.8) is 0 Å². The predicted octanol–water partition coefficient (Wildman–Crippen LogP) is 3.13. The van der Waals surface area contributed by atoms with Gasteiger partial charge >= 0.3 is 0 Å². The van der Waals surface area contributed by atoms with Gasteiger partial charge < -0.3 is 15.2 Å². The highest BCUT2D eigenvalue weighted by molar-refractivity contribution is 5.52. The van der Waals surface area contributed by atoms with Gasteiger partial charge in [-0.05, 0) is 24.3 Å². The minimum atomic E-state index is -0.459. The molecule has 0 aromatic heterocycles. The van der Waals surface area contributed by atoms with Crippen molar-refractivity contribution in [2.45, 2.75) is 6.61 Å². The van der Waals surface area contributed by atoms with Crippen LogP contribution in [0.1, 0.15) is 5.56 Å². The second-order valence-electron chi connectivity index (χ2n) is 3.93. The molecule has 0 spiro atoms. The minimum Gasteiger partial charge on any atom is -0.497 e. The van der Waals surface area contributed by atoms with E-state index in [0.717, 1.165) is 6.07 Å². The lowest BCUT2D eigenvalue weighted by molar-refractivity contribution is 0.299. The highest BCUT2D eigenvalue weighted by atomic mass is 19.1. The maximum absolute atomic E-state index is 13.7. The van der Waals surface area contributed by atoms with Gasteiger partial charge in [-0.2, -0.15) is 0 Å². The van der Waals surface area contributed by atoms with E-state index in [-0.39, 0.29) is 12.4 Å². The largest absolute Gasteiger partial charge is 0.497 e. The third-order valence-corrected chi connectivity index (χ3v) is 2.62. The van der Waals surface area contributed by atoms with Crippen molar-refractivity contribution in [1.29, 1.82) is 0 Å². The zero-order valence-corrected chi connectivity index (χ0v) is 10.3. The Labute approximate surface area is 109 Å². The Morgan fingerprint density at radius 1 is 1.11 bits per heavy atom. The molecule has 0 aliphatic rings. The second-order valence-corrected chi connectivity index (χ2v) is 3.93. The van der Waals surface area contributed by atoms with Crippen LogP contribution in [-0.2, 0) is 6.61 Å². The number of rotatable bonds is 4. The van der Waals surface area contributed by atoms with Crippen LogP contribution in [-0.4, -0.2) is 7.11 Å². The summed E-state index contributed by atoms with van der Waals surface area (Å²) in [5.74, 6) is -0.296. The number of nitrogens with two attached hydrogens (primary N) is 1. The van der Waals surface area contributed by atoms with Crippen molar-refractivity contribution in [2.24, 2.45) is 0 Å². The first-order valence-corrected chi connectivity index (χ1v) is 5.60. The molecule has 19 heavy (non-hydrogen) atoms. The first-order valence-electron chi connectivity index (χ1n) is 5.60. The van der Waals surface area contributed by atoms with Crippen LogP contribution in [0.15, 0.2) is 36.4 Å². The molecule has 0 aliphatic carbocycles. The van der Waals surface area contributed by atoms with Crippen molar-refractivity contribution in [3.8, 4) is 11.5 Å². The summed E-state index contributed by atoms with van der Waals surface area (Å²) in [6.07, 6.45) is 0. The molecule has 5 heteroatoms. The molecule has 0 unspecified atom stereocenters. The zero-order chi connectivity index (χ0) is 13.8. The summed E-state index contributed by atoms with van der Waals surface area (Å²) < 4.78 is 36.9. The summed E-state index contributed by atoms with van der Waals surface area (Å²) in [5, 5.41) is 0. The fourth-order valence-electron chi connectivity index (χ4n) is 1.56. The molecular weight excluding hydrogens is 252 g/mol. The van der Waals surface area contributed by atoms with Crippen LogP contribution in [0.3, 0.4) is 0 Å². The standard InChI is InChI=1S/C14H13F2NO2/c1-18-11-4-2-9(12(16)7-11)8-19-14-6-10(15)3-5-13(14)17/h2-7H,8,17H2,1H3. The lowest BCUT2D eigenvalue weighted by atomic mass is 10.2. The molecule has 2 N–H and O–H groups in total. The highest BCUT2D eigenvalue weighted by Crippen LogP contribution is 2.24. The average Bonchev–Trinajstić information content (AvgIpc) is 2.40. The molecule has 0 amide bonds. The molecule has 0 bridgehead atoms. The van der Waals surface area contributed by atoms with E-state index in [1.165, 1.54) is 25.3 Å². The Morgan fingerprint density at radius 2 is 1.89 bits per heavy atom. The van der Waals surface area contributed by atoms with Gasteiger partial charge in [0.15, 0.2) is 0 Å². The number of anilines is 1. The van der Waals surface area contributed by atoms with Crippen LogP contribution in [0, 0.1) is 11.6 Å². The summed E-state index contributed by atoms with van der Waals surface area (Å²) in [7, 11) is 1.46. The van der Waals surface area contributed by atoms with Gasteiger partial charge in [0, 0.05) is 17.7 Å². The van der Waals surface area contributed by atoms with Gasteiger partial charge in [0.1, 0.15) is 29.7 Å². The Kier molecular flexibility index (Phi) is 3.85. The molecule has 0 saturated heterocycles. The van der Waals surface area contributed by atoms with Gasteiger partial charge in [-0.15, -0.1) is 0 Å². The van der Waals surface area contributed by atoms with Crippen LogP contribution in [0.2, 0.25) is 0 Å². The number of hydrogen-bond acceptors (Lipinski definition) is 3. The monoisotopic (exact) mass is 265 g/mol. The summed E-state index contributed by atoms with van der Waals surface area (Å²) in [6, 6.07) is 8.22. The lowest BCUT2D eigenvalue weighted by Crippen LogP contribution is -2.01. The SMILES string of the molecule is COc1ccc(COc2cc(F)ccc2N)c(F)c1. The van der Waals surface area contributed by atoms with Gasteiger partial charge in [0.25, 0.3) is 0 Å². The van der Waals surface area contributed by atoms with Gasteiger partial charge in [-0.1, -0.05) is 0 Å². The fraction of sp³-hybridized carbons (Fsp3) is 0.143. The molecule has 0 aliphatic heterocycles. The number of benzene rings is 2.